The normalized spacial score (nSPS) is 10.7. The maximum atomic E-state index is 13.3. The quantitative estimate of drug-likeness (QED) is 0.702. The van der Waals surface area contributed by atoms with Gasteiger partial charge in [0.1, 0.15) is 5.82 Å². The highest BCUT2D eigenvalue weighted by molar-refractivity contribution is 9.10. The lowest BCUT2D eigenvalue weighted by atomic mass is 10.2. The van der Waals surface area contributed by atoms with Crippen LogP contribution in [-0.4, -0.2) is 4.98 Å². The molecule has 66 valence electrons. The smallest absolute Gasteiger partial charge is 0.132 e. The van der Waals surface area contributed by atoms with Crippen LogP contribution >= 0.6 is 27.5 Å². The highest BCUT2D eigenvalue weighted by Crippen LogP contribution is 2.30. The summed E-state index contributed by atoms with van der Waals surface area (Å²) in [5.41, 5.74) is 0. The van der Waals surface area contributed by atoms with Gasteiger partial charge in [0.05, 0.1) is 5.02 Å². The molecule has 0 bridgehead atoms. The molecule has 0 amide bonds. The van der Waals surface area contributed by atoms with E-state index in [0.29, 0.717) is 15.8 Å². The number of hydrogen-bond donors (Lipinski definition) is 0. The number of benzene rings is 1. The number of halogens is 3. The molecule has 0 saturated heterocycles. The SMILES string of the molecule is Fc1ccc(Br)c2cncc(Cl)c12. The number of nitrogens with zero attached hydrogens (tertiary/aromatic N) is 1. The molecular formula is C9H4BrClFN. The van der Waals surface area contributed by atoms with Crippen molar-refractivity contribution in [1.82, 2.24) is 4.98 Å². The van der Waals surface area contributed by atoms with Crippen molar-refractivity contribution in [3.05, 3.63) is 39.8 Å². The molecule has 0 radical (unpaired) electrons. The number of rotatable bonds is 0. The molecule has 1 heterocycles. The average Bonchev–Trinajstić information content (AvgIpc) is 2.12. The summed E-state index contributed by atoms with van der Waals surface area (Å²) in [5.74, 6) is -0.328. The summed E-state index contributed by atoms with van der Waals surface area (Å²) in [6, 6.07) is 3.01. The maximum absolute atomic E-state index is 13.3. The molecule has 0 fully saturated rings. The molecular weight excluding hydrogens is 256 g/mol. The molecule has 2 rings (SSSR count). The molecule has 2 aromatic rings. The van der Waals surface area contributed by atoms with Gasteiger partial charge in [-0.1, -0.05) is 27.5 Å². The van der Waals surface area contributed by atoms with Crippen LogP contribution in [0.25, 0.3) is 10.8 Å². The predicted molar refractivity (Wildman–Crippen MR) is 54.4 cm³/mol. The highest BCUT2D eigenvalue weighted by atomic mass is 79.9. The first-order chi connectivity index (χ1) is 6.20. The third kappa shape index (κ3) is 1.42. The molecule has 4 heteroatoms. The fourth-order valence-electron chi connectivity index (χ4n) is 1.18. The molecule has 13 heavy (non-hydrogen) atoms. The first-order valence-electron chi connectivity index (χ1n) is 3.57. The minimum Gasteiger partial charge on any atom is -0.262 e. The van der Waals surface area contributed by atoms with Gasteiger partial charge < -0.3 is 0 Å². The summed E-state index contributed by atoms with van der Waals surface area (Å²) < 4.78 is 14.1. The van der Waals surface area contributed by atoms with Crippen LogP contribution in [0.5, 0.6) is 0 Å². The van der Waals surface area contributed by atoms with Gasteiger partial charge in [-0.15, -0.1) is 0 Å². The van der Waals surface area contributed by atoms with E-state index in [9.17, 15) is 4.39 Å². The van der Waals surface area contributed by atoms with Crippen LogP contribution in [0.4, 0.5) is 4.39 Å². The van der Waals surface area contributed by atoms with Gasteiger partial charge in [0.15, 0.2) is 0 Å². The summed E-state index contributed by atoms with van der Waals surface area (Å²) in [6.45, 7) is 0. The van der Waals surface area contributed by atoms with Crippen LogP contribution in [0.15, 0.2) is 29.0 Å². The molecule has 1 aromatic carbocycles. The molecule has 0 aliphatic rings. The van der Waals surface area contributed by atoms with Crippen molar-refractivity contribution in [2.75, 3.05) is 0 Å². The van der Waals surface area contributed by atoms with Crippen molar-refractivity contribution in [2.45, 2.75) is 0 Å². The maximum Gasteiger partial charge on any atom is 0.132 e. The fourth-order valence-corrected chi connectivity index (χ4v) is 1.86. The van der Waals surface area contributed by atoms with Gasteiger partial charge in [0, 0.05) is 27.6 Å². The summed E-state index contributed by atoms with van der Waals surface area (Å²) in [6.07, 6.45) is 3.01. The van der Waals surface area contributed by atoms with E-state index < -0.39 is 0 Å². The van der Waals surface area contributed by atoms with Crippen molar-refractivity contribution in [3.8, 4) is 0 Å². The Morgan fingerprint density at radius 1 is 1.31 bits per heavy atom. The highest BCUT2D eigenvalue weighted by Gasteiger charge is 2.07. The van der Waals surface area contributed by atoms with Gasteiger partial charge in [-0.25, -0.2) is 4.39 Å². The number of aromatic nitrogens is 1. The Morgan fingerprint density at radius 2 is 2.08 bits per heavy atom. The second kappa shape index (κ2) is 3.24. The molecule has 1 aromatic heterocycles. The van der Waals surface area contributed by atoms with Crippen LogP contribution in [-0.2, 0) is 0 Å². The first kappa shape index (κ1) is 8.91. The van der Waals surface area contributed by atoms with Crippen molar-refractivity contribution < 1.29 is 4.39 Å². The second-order valence-corrected chi connectivity index (χ2v) is 3.83. The summed E-state index contributed by atoms with van der Waals surface area (Å²) >= 11 is 9.11. The minimum atomic E-state index is -0.328. The van der Waals surface area contributed by atoms with Crippen LogP contribution in [0.3, 0.4) is 0 Å². The Balaban J connectivity index is 3.00. The Morgan fingerprint density at radius 3 is 2.77 bits per heavy atom. The van der Waals surface area contributed by atoms with Crippen LogP contribution in [0.1, 0.15) is 0 Å². The van der Waals surface area contributed by atoms with Gasteiger partial charge in [-0.3, -0.25) is 4.98 Å². The van der Waals surface area contributed by atoms with E-state index in [1.807, 2.05) is 0 Å². The van der Waals surface area contributed by atoms with Crippen molar-refractivity contribution in [2.24, 2.45) is 0 Å². The topological polar surface area (TPSA) is 12.9 Å². The molecule has 0 aliphatic carbocycles. The molecule has 1 nitrogen and oxygen atoms in total. The van der Waals surface area contributed by atoms with Gasteiger partial charge in [-0.2, -0.15) is 0 Å². The number of fused-ring (bicyclic) bond motifs is 1. The van der Waals surface area contributed by atoms with Gasteiger partial charge in [-0.05, 0) is 12.1 Å². The second-order valence-electron chi connectivity index (χ2n) is 2.57. The summed E-state index contributed by atoms with van der Waals surface area (Å²) in [5, 5.41) is 1.43. The van der Waals surface area contributed by atoms with E-state index in [2.05, 4.69) is 20.9 Å². The molecule has 0 atom stereocenters. The fraction of sp³-hybridized carbons (Fsp3) is 0. The van der Waals surface area contributed by atoms with E-state index in [1.54, 1.807) is 12.3 Å². The Bertz CT molecular complexity index is 464. The Hall–Kier alpha value is -0.670. The van der Waals surface area contributed by atoms with E-state index in [-0.39, 0.29) is 5.82 Å². The first-order valence-corrected chi connectivity index (χ1v) is 4.74. The monoisotopic (exact) mass is 259 g/mol. The summed E-state index contributed by atoms with van der Waals surface area (Å²) in [7, 11) is 0. The van der Waals surface area contributed by atoms with Gasteiger partial charge in [0.25, 0.3) is 0 Å². The molecule has 0 unspecified atom stereocenters. The molecule has 0 N–H and O–H groups in total. The Labute approximate surface area is 87.7 Å². The largest absolute Gasteiger partial charge is 0.262 e. The third-order valence-electron chi connectivity index (χ3n) is 1.77. The van der Waals surface area contributed by atoms with Crippen LogP contribution < -0.4 is 0 Å². The lowest BCUT2D eigenvalue weighted by Gasteiger charge is -2.02. The molecule has 0 spiro atoms. The zero-order chi connectivity index (χ0) is 9.42. The summed E-state index contributed by atoms with van der Waals surface area (Å²) in [4.78, 5) is 3.89. The van der Waals surface area contributed by atoms with Gasteiger partial charge >= 0.3 is 0 Å². The number of pyridine rings is 1. The van der Waals surface area contributed by atoms with E-state index in [0.717, 1.165) is 4.47 Å². The lowest BCUT2D eigenvalue weighted by Crippen LogP contribution is -1.83. The standard InChI is InChI=1S/C9H4BrClFN/c10-6-1-2-8(12)9-5(6)3-13-4-7(9)11/h1-4H. The average molecular weight is 260 g/mol. The van der Waals surface area contributed by atoms with Crippen LogP contribution in [0, 0.1) is 5.82 Å². The van der Waals surface area contributed by atoms with E-state index >= 15 is 0 Å². The third-order valence-corrected chi connectivity index (χ3v) is 2.75. The zero-order valence-corrected chi connectivity index (χ0v) is 8.73. The van der Waals surface area contributed by atoms with Crippen molar-refractivity contribution >= 4 is 38.3 Å². The lowest BCUT2D eigenvalue weighted by molar-refractivity contribution is 0.639. The van der Waals surface area contributed by atoms with E-state index in [4.69, 9.17) is 11.6 Å². The predicted octanol–water partition coefficient (Wildman–Crippen LogP) is 3.79. The zero-order valence-electron chi connectivity index (χ0n) is 6.39. The van der Waals surface area contributed by atoms with Crippen molar-refractivity contribution in [1.29, 1.82) is 0 Å². The van der Waals surface area contributed by atoms with E-state index in [1.165, 1.54) is 12.3 Å². The molecule has 0 saturated carbocycles. The molecule has 0 aliphatic heterocycles. The Kier molecular flexibility index (Phi) is 2.22. The van der Waals surface area contributed by atoms with Crippen molar-refractivity contribution in [3.63, 3.8) is 0 Å². The van der Waals surface area contributed by atoms with Crippen LogP contribution in [0.2, 0.25) is 5.02 Å². The van der Waals surface area contributed by atoms with Gasteiger partial charge in [0.2, 0.25) is 0 Å². The number of hydrogen-bond acceptors (Lipinski definition) is 1. The minimum absolute atomic E-state index is 0.328.